The molecule has 4 aliphatic rings. The number of carbonyl (C=O) groups excluding carboxylic acids is 1. The lowest BCUT2D eigenvalue weighted by Crippen LogP contribution is -2.55. The second-order valence-electron chi connectivity index (χ2n) is 15.8. The van der Waals surface area contributed by atoms with Gasteiger partial charge in [0.2, 0.25) is 5.78 Å². The van der Waals surface area contributed by atoms with Crippen molar-refractivity contribution < 1.29 is 47.5 Å². The maximum absolute atomic E-state index is 14.5. The zero-order valence-electron chi connectivity index (χ0n) is 30.9. The average molecular weight is 774 g/mol. The van der Waals surface area contributed by atoms with Crippen molar-refractivity contribution in [1.29, 1.82) is 0 Å². The lowest BCUT2D eigenvalue weighted by molar-refractivity contribution is -0.137. The Balaban J connectivity index is 1.40. The minimum atomic E-state index is -4.60. The van der Waals surface area contributed by atoms with Gasteiger partial charge in [-0.15, -0.1) is 0 Å². The highest BCUT2D eigenvalue weighted by molar-refractivity contribution is 6.33. The van der Waals surface area contributed by atoms with E-state index >= 15 is 0 Å². The Bertz CT molecular complexity index is 1820. The molecule has 1 saturated heterocycles. The number of aliphatic hydroxyl groups excluding tert-OH is 3. The Labute approximate surface area is 319 Å². The second kappa shape index (κ2) is 16.6. The van der Waals surface area contributed by atoms with Crippen LogP contribution >= 0.6 is 11.6 Å². The minimum absolute atomic E-state index is 0.00718. The molecule has 2 bridgehead atoms. The number of carbonyl (C=O) groups is 1. The van der Waals surface area contributed by atoms with Crippen molar-refractivity contribution in [3.63, 3.8) is 0 Å². The second-order valence-corrected chi connectivity index (χ2v) is 16.2. The Morgan fingerprint density at radius 3 is 2.61 bits per heavy atom. The molecule has 0 radical (unpaired) electrons. The SMILES string of the molecule is CC1=CCCC2(C)C(CCC2(O)CN(CC(O)CO)CC2CCCO2)c2ccc(cc2C(=O)c2ccc(-c3cc(C(F)(F)F)ccc3Cl)o2)CC(O)CC1. The third-order valence-electron chi connectivity index (χ3n) is 12.0. The standard InChI is InChI=1S/C42H51ClF3NO7/c1-26-5-3-16-40(2)35(15-17-41(40,52)25-47(22-30(50)24-48)23-31-6-4-18-53-31)32-11-8-27(19-29(49)10-7-26)20-33(32)39(51)38-14-13-37(54-38)34-21-28(42(44,45)46)9-12-36(34)43/h5,8-9,11-14,20-21,29-31,35,48-50,52H,3-4,6-7,10,15-19,22-25H2,1-2H3. The molecule has 1 aliphatic heterocycles. The van der Waals surface area contributed by atoms with E-state index in [2.05, 4.69) is 13.0 Å². The number of hydrogen-bond acceptors (Lipinski definition) is 8. The number of ether oxygens (including phenoxy) is 1. The van der Waals surface area contributed by atoms with Gasteiger partial charge in [-0.3, -0.25) is 9.69 Å². The summed E-state index contributed by atoms with van der Waals surface area (Å²) in [7, 11) is 0. The van der Waals surface area contributed by atoms with E-state index in [0.29, 0.717) is 69.2 Å². The predicted octanol–water partition coefficient (Wildman–Crippen LogP) is 7.72. The van der Waals surface area contributed by atoms with E-state index in [4.69, 9.17) is 20.8 Å². The van der Waals surface area contributed by atoms with Crippen LogP contribution in [0.15, 0.2) is 64.6 Å². The number of aliphatic hydroxyl groups is 4. The molecule has 1 saturated carbocycles. The van der Waals surface area contributed by atoms with Crippen molar-refractivity contribution >= 4 is 17.4 Å². The van der Waals surface area contributed by atoms with Crippen LogP contribution < -0.4 is 0 Å². The van der Waals surface area contributed by atoms with Crippen LogP contribution in [0.3, 0.4) is 0 Å². The van der Waals surface area contributed by atoms with Crippen LogP contribution in [0.25, 0.3) is 11.3 Å². The summed E-state index contributed by atoms with van der Waals surface area (Å²) in [5.41, 5.74) is 0.0477. The van der Waals surface area contributed by atoms with Crippen molar-refractivity contribution in [1.82, 2.24) is 4.90 Å². The van der Waals surface area contributed by atoms with E-state index in [1.807, 2.05) is 24.0 Å². The summed E-state index contributed by atoms with van der Waals surface area (Å²) in [6, 6.07) is 11.4. The van der Waals surface area contributed by atoms with Gasteiger partial charge in [0.25, 0.3) is 0 Å². The highest BCUT2D eigenvalue weighted by atomic mass is 35.5. The molecular formula is C42H51ClF3NO7. The number of allylic oxidation sites excluding steroid dienone is 2. The molecule has 54 heavy (non-hydrogen) atoms. The van der Waals surface area contributed by atoms with Crippen LogP contribution in [-0.4, -0.2) is 87.9 Å². The summed E-state index contributed by atoms with van der Waals surface area (Å²) < 4.78 is 52.6. The molecule has 6 atom stereocenters. The summed E-state index contributed by atoms with van der Waals surface area (Å²) in [5, 5.41) is 44.1. The molecule has 2 aromatic carbocycles. The van der Waals surface area contributed by atoms with E-state index in [1.165, 1.54) is 12.1 Å². The smallest absolute Gasteiger partial charge is 0.416 e. The van der Waals surface area contributed by atoms with Crippen molar-refractivity contribution in [3.8, 4) is 11.3 Å². The van der Waals surface area contributed by atoms with E-state index in [-0.39, 0.29) is 47.2 Å². The number of rotatable bonds is 10. The molecule has 1 aromatic heterocycles. The Morgan fingerprint density at radius 2 is 1.89 bits per heavy atom. The summed E-state index contributed by atoms with van der Waals surface area (Å²) in [6.07, 6.45) is 1.42. The molecular weight excluding hydrogens is 723 g/mol. The zero-order chi connectivity index (χ0) is 38.8. The molecule has 6 unspecified atom stereocenters. The normalized spacial score (nSPS) is 27.2. The van der Waals surface area contributed by atoms with Gasteiger partial charge in [-0.05, 0) is 118 Å². The van der Waals surface area contributed by atoms with Crippen molar-refractivity contribution in [2.24, 2.45) is 5.41 Å². The number of furan rings is 1. The molecule has 2 heterocycles. The average Bonchev–Trinajstić information content (AvgIpc) is 3.87. The van der Waals surface area contributed by atoms with Gasteiger partial charge in [-0.1, -0.05) is 42.3 Å². The predicted molar refractivity (Wildman–Crippen MR) is 200 cm³/mol. The van der Waals surface area contributed by atoms with Crippen LogP contribution in [-0.2, 0) is 17.3 Å². The van der Waals surface area contributed by atoms with E-state index in [0.717, 1.165) is 42.2 Å². The first-order valence-electron chi connectivity index (χ1n) is 18.9. The van der Waals surface area contributed by atoms with Crippen LogP contribution in [0.2, 0.25) is 5.02 Å². The molecule has 3 aliphatic carbocycles. The first-order valence-corrected chi connectivity index (χ1v) is 19.3. The monoisotopic (exact) mass is 773 g/mol. The number of nitrogens with zero attached hydrogens (tertiary/aromatic N) is 1. The van der Waals surface area contributed by atoms with Crippen LogP contribution in [0.5, 0.6) is 0 Å². The summed E-state index contributed by atoms with van der Waals surface area (Å²) in [5.74, 6) is -0.824. The first-order chi connectivity index (χ1) is 25.6. The number of halogens is 4. The molecule has 12 heteroatoms. The summed E-state index contributed by atoms with van der Waals surface area (Å²) in [6.45, 7) is 5.25. The molecule has 3 aromatic rings. The molecule has 294 valence electrons. The summed E-state index contributed by atoms with van der Waals surface area (Å²) in [4.78, 5) is 16.5. The highest BCUT2D eigenvalue weighted by Crippen LogP contribution is 2.59. The van der Waals surface area contributed by atoms with E-state index in [9.17, 15) is 38.4 Å². The number of benzene rings is 2. The van der Waals surface area contributed by atoms with Gasteiger partial charge in [0, 0.05) is 42.8 Å². The quantitative estimate of drug-likeness (QED) is 0.122. The molecule has 7 rings (SSSR count). The lowest BCUT2D eigenvalue weighted by atomic mass is 9.64. The molecule has 2 fully saturated rings. The third kappa shape index (κ3) is 8.83. The van der Waals surface area contributed by atoms with Gasteiger partial charge in [0.1, 0.15) is 5.76 Å². The van der Waals surface area contributed by atoms with Crippen molar-refractivity contribution in [2.75, 3.05) is 32.8 Å². The van der Waals surface area contributed by atoms with Gasteiger partial charge in [0.15, 0.2) is 5.76 Å². The molecule has 4 N–H and O–H groups in total. The number of fused-ring (bicyclic) bond motifs is 8. The maximum atomic E-state index is 14.5. The topological polar surface area (TPSA) is 124 Å². The fraction of sp³-hybridized carbons (Fsp3) is 0.548. The van der Waals surface area contributed by atoms with Crippen LogP contribution in [0.1, 0.15) is 104 Å². The zero-order valence-corrected chi connectivity index (χ0v) is 31.6. The highest BCUT2D eigenvalue weighted by Gasteiger charge is 2.57. The van der Waals surface area contributed by atoms with Gasteiger partial charge in [0.05, 0.1) is 41.1 Å². The van der Waals surface area contributed by atoms with Crippen molar-refractivity contribution in [2.45, 2.75) is 108 Å². The number of hydrogen-bond donors (Lipinski definition) is 4. The number of ketones is 1. The van der Waals surface area contributed by atoms with Crippen LogP contribution in [0.4, 0.5) is 13.2 Å². The molecule has 8 nitrogen and oxygen atoms in total. The first kappa shape index (κ1) is 40.6. The Hall–Kier alpha value is -3.03. The van der Waals surface area contributed by atoms with Gasteiger partial charge < -0.3 is 29.6 Å². The fourth-order valence-corrected chi connectivity index (χ4v) is 9.04. The van der Waals surface area contributed by atoms with Gasteiger partial charge >= 0.3 is 6.18 Å². The van der Waals surface area contributed by atoms with Crippen molar-refractivity contribution in [3.05, 3.63) is 93.2 Å². The summed E-state index contributed by atoms with van der Waals surface area (Å²) >= 11 is 6.31. The largest absolute Gasteiger partial charge is 0.453 e. The van der Waals surface area contributed by atoms with Gasteiger partial charge in [-0.25, -0.2) is 0 Å². The maximum Gasteiger partial charge on any atom is 0.416 e. The Kier molecular flexibility index (Phi) is 12.5. The fourth-order valence-electron chi connectivity index (χ4n) is 8.83. The molecule has 0 amide bonds. The Morgan fingerprint density at radius 1 is 1.09 bits per heavy atom. The van der Waals surface area contributed by atoms with Gasteiger partial charge in [-0.2, -0.15) is 13.2 Å². The third-order valence-corrected chi connectivity index (χ3v) is 12.3. The van der Waals surface area contributed by atoms with E-state index < -0.39 is 47.4 Å². The van der Waals surface area contributed by atoms with E-state index in [1.54, 1.807) is 6.07 Å². The molecule has 0 spiro atoms. The lowest BCUT2D eigenvalue weighted by Gasteiger charge is -2.46. The van der Waals surface area contributed by atoms with Crippen LogP contribution in [0, 0.1) is 5.41 Å². The number of alkyl halides is 3. The minimum Gasteiger partial charge on any atom is -0.453 e.